The fraction of sp³-hybridized carbons (Fsp3) is 0.480. The summed E-state index contributed by atoms with van der Waals surface area (Å²) in [5.41, 5.74) is 0.862. The van der Waals surface area contributed by atoms with E-state index in [2.05, 4.69) is 9.88 Å². The van der Waals surface area contributed by atoms with E-state index in [0.717, 1.165) is 49.3 Å². The van der Waals surface area contributed by atoms with Gasteiger partial charge in [-0.3, -0.25) is 4.90 Å². The summed E-state index contributed by atoms with van der Waals surface area (Å²) in [6, 6.07) is 11.2. The van der Waals surface area contributed by atoms with Gasteiger partial charge in [-0.25, -0.2) is 13.8 Å². The lowest BCUT2D eigenvalue weighted by Gasteiger charge is -2.40. The number of hydrogen-bond acceptors (Lipinski definition) is 3. The fourth-order valence-corrected chi connectivity index (χ4v) is 6.46. The van der Waals surface area contributed by atoms with Crippen molar-refractivity contribution < 1.29 is 22.0 Å². The number of nitrogens with zero attached hydrogens (tertiary/aromatic N) is 3. The topological polar surface area (TPSA) is 21.1 Å². The van der Waals surface area contributed by atoms with Crippen LogP contribution >= 0.6 is 11.8 Å². The third-order valence-corrected chi connectivity index (χ3v) is 8.05. The lowest BCUT2D eigenvalue weighted by atomic mass is 9.96. The highest BCUT2D eigenvalue weighted by atomic mass is 32.2. The zero-order chi connectivity index (χ0) is 23.9. The normalized spacial score (nSPS) is 23.1. The predicted molar refractivity (Wildman–Crippen MR) is 123 cm³/mol. The Kier molecular flexibility index (Phi) is 6.59. The molecule has 2 saturated heterocycles. The van der Waals surface area contributed by atoms with E-state index in [9.17, 15) is 22.0 Å². The van der Waals surface area contributed by atoms with Crippen LogP contribution in [0.4, 0.5) is 22.0 Å². The van der Waals surface area contributed by atoms with Crippen LogP contribution in [0.1, 0.15) is 44.0 Å². The molecule has 0 N–H and O–H groups in total. The predicted octanol–water partition coefficient (Wildman–Crippen LogP) is 6.77. The molecule has 0 radical (unpaired) electrons. The zero-order valence-electron chi connectivity index (χ0n) is 18.6. The molecule has 0 amide bonds. The van der Waals surface area contributed by atoms with Crippen LogP contribution in [0, 0.1) is 11.6 Å². The molecule has 1 aromatic heterocycles. The molecule has 0 aliphatic carbocycles. The largest absolute Gasteiger partial charge is 0.396 e. The Labute approximate surface area is 199 Å². The van der Waals surface area contributed by atoms with Crippen LogP contribution in [0.2, 0.25) is 0 Å². The minimum absolute atomic E-state index is 0.0263. The van der Waals surface area contributed by atoms with E-state index < -0.39 is 18.4 Å². The van der Waals surface area contributed by atoms with Gasteiger partial charge in [0.15, 0.2) is 0 Å². The zero-order valence-corrected chi connectivity index (χ0v) is 19.4. The molecule has 3 aromatic rings. The molecule has 182 valence electrons. The first kappa shape index (κ1) is 23.6. The summed E-state index contributed by atoms with van der Waals surface area (Å²) >= 11 is 1.71. The highest BCUT2D eigenvalue weighted by Gasteiger charge is 2.42. The summed E-state index contributed by atoms with van der Waals surface area (Å²) in [6.07, 6.45) is -0.861. The second-order valence-electron chi connectivity index (χ2n) is 9.23. The molecular weight excluding hydrogens is 469 g/mol. The Morgan fingerprint density at radius 3 is 2.26 bits per heavy atom. The molecule has 34 heavy (non-hydrogen) atoms. The molecule has 2 aliphatic rings. The van der Waals surface area contributed by atoms with Crippen LogP contribution in [0.3, 0.4) is 0 Å². The third-order valence-electron chi connectivity index (χ3n) is 6.95. The van der Waals surface area contributed by atoms with E-state index >= 15 is 0 Å². The molecular formula is C25H26F5N3S. The molecule has 2 bridgehead atoms. The van der Waals surface area contributed by atoms with Gasteiger partial charge in [-0.15, -0.1) is 11.8 Å². The Morgan fingerprint density at radius 2 is 1.59 bits per heavy atom. The van der Waals surface area contributed by atoms with Crippen molar-refractivity contribution in [3.8, 4) is 0 Å². The van der Waals surface area contributed by atoms with Gasteiger partial charge in [0.2, 0.25) is 0 Å². The molecule has 5 rings (SSSR count). The molecule has 2 atom stereocenters. The molecule has 0 spiro atoms. The number of imidazole rings is 1. The quantitative estimate of drug-likeness (QED) is 0.205. The number of alkyl halides is 3. The van der Waals surface area contributed by atoms with Crippen LogP contribution in [0.5, 0.6) is 0 Å². The van der Waals surface area contributed by atoms with Crippen LogP contribution in [0.15, 0.2) is 47.4 Å². The van der Waals surface area contributed by atoms with Gasteiger partial charge in [0, 0.05) is 29.1 Å². The Balaban J connectivity index is 1.27. The highest BCUT2D eigenvalue weighted by molar-refractivity contribution is 7.99. The number of halogens is 5. The smallest absolute Gasteiger partial charge is 0.324 e. The maximum Gasteiger partial charge on any atom is 0.396 e. The van der Waals surface area contributed by atoms with E-state index in [0.29, 0.717) is 17.6 Å². The van der Waals surface area contributed by atoms with Crippen molar-refractivity contribution in [2.45, 2.75) is 67.7 Å². The number of rotatable bonds is 7. The first-order valence-corrected chi connectivity index (χ1v) is 12.6. The summed E-state index contributed by atoms with van der Waals surface area (Å²) in [6.45, 7) is 0.946. The lowest BCUT2D eigenvalue weighted by molar-refractivity contribution is -0.129. The Morgan fingerprint density at radius 1 is 0.912 bits per heavy atom. The SMILES string of the molecule is Fc1ccc(SCCCN2C3CCC2CC(n2c(CC(F)(F)F)nc4cc(F)ccc42)C3)cc1. The van der Waals surface area contributed by atoms with Crippen molar-refractivity contribution in [2.75, 3.05) is 12.3 Å². The number of piperidine rings is 1. The number of benzene rings is 2. The molecule has 3 heterocycles. The van der Waals surface area contributed by atoms with Crippen molar-refractivity contribution in [1.82, 2.24) is 14.5 Å². The number of fused-ring (bicyclic) bond motifs is 3. The minimum Gasteiger partial charge on any atom is -0.324 e. The van der Waals surface area contributed by atoms with E-state index in [1.165, 1.54) is 24.3 Å². The van der Waals surface area contributed by atoms with Gasteiger partial charge >= 0.3 is 6.18 Å². The van der Waals surface area contributed by atoms with Crippen LogP contribution in [-0.2, 0) is 6.42 Å². The van der Waals surface area contributed by atoms with Gasteiger partial charge in [-0.2, -0.15) is 13.2 Å². The lowest BCUT2D eigenvalue weighted by Crippen LogP contribution is -2.44. The van der Waals surface area contributed by atoms with E-state index in [1.807, 2.05) is 0 Å². The second-order valence-corrected chi connectivity index (χ2v) is 10.4. The molecule has 9 heteroatoms. The average Bonchev–Trinajstić information content (AvgIpc) is 3.22. The Hall–Kier alpha value is -2.13. The third kappa shape index (κ3) is 5.10. The van der Waals surface area contributed by atoms with E-state index in [1.54, 1.807) is 34.5 Å². The summed E-state index contributed by atoms with van der Waals surface area (Å²) < 4.78 is 68.4. The van der Waals surface area contributed by atoms with Crippen LogP contribution in [0.25, 0.3) is 11.0 Å². The van der Waals surface area contributed by atoms with Crippen molar-refractivity contribution in [3.63, 3.8) is 0 Å². The highest BCUT2D eigenvalue weighted by Crippen LogP contribution is 2.43. The van der Waals surface area contributed by atoms with Gasteiger partial charge < -0.3 is 4.57 Å². The average molecular weight is 496 g/mol. The molecule has 2 fully saturated rings. The molecule has 3 nitrogen and oxygen atoms in total. The first-order chi connectivity index (χ1) is 16.3. The van der Waals surface area contributed by atoms with Gasteiger partial charge in [0.25, 0.3) is 0 Å². The van der Waals surface area contributed by atoms with Gasteiger partial charge in [-0.05, 0) is 80.8 Å². The number of aromatic nitrogens is 2. The van der Waals surface area contributed by atoms with Crippen LogP contribution in [-0.4, -0.2) is 45.0 Å². The summed E-state index contributed by atoms with van der Waals surface area (Å²) in [5.74, 6) is 0.169. The minimum atomic E-state index is -4.38. The van der Waals surface area contributed by atoms with Crippen molar-refractivity contribution in [1.29, 1.82) is 0 Å². The van der Waals surface area contributed by atoms with Gasteiger partial charge in [0.05, 0.1) is 11.0 Å². The second kappa shape index (κ2) is 9.49. The van der Waals surface area contributed by atoms with Crippen LogP contribution < -0.4 is 0 Å². The van der Waals surface area contributed by atoms with Gasteiger partial charge in [0.1, 0.15) is 23.9 Å². The van der Waals surface area contributed by atoms with Crippen molar-refractivity contribution in [3.05, 3.63) is 59.9 Å². The standard InChI is InChI=1S/C25H26F5N3S/c26-16-2-7-21(8-3-16)34-11-1-10-32-18-5-6-19(32)14-20(13-18)33-23-9-4-17(27)12-22(23)31-24(33)15-25(28,29)30/h2-4,7-9,12,18-20H,1,5-6,10-11,13-15H2. The number of hydrogen-bond donors (Lipinski definition) is 0. The first-order valence-electron chi connectivity index (χ1n) is 11.6. The summed E-state index contributed by atoms with van der Waals surface area (Å²) in [5, 5.41) is 0. The molecule has 2 aliphatic heterocycles. The summed E-state index contributed by atoms with van der Waals surface area (Å²) in [7, 11) is 0. The molecule has 2 aromatic carbocycles. The molecule has 2 unspecified atom stereocenters. The van der Waals surface area contributed by atoms with E-state index in [4.69, 9.17) is 0 Å². The van der Waals surface area contributed by atoms with Crippen molar-refractivity contribution >= 4 is 22.8 Å². The van der Waals surface area contributed by atoms with E-state index in [-0.39, 0.29) is 23.2 Å². The fourth-order valence-electron chi connectivity index (χ4n) is 5.62. The van der Waals surface area contributed by atoms with Crippen molar-refractivity contribution in [2.24, 2.45) is 0 Å². The number of thioether (sulfide) groups is 1. The van der Waals surface area contributed by atoms with Gasteiger partial charge in [-0.1, -0.05) is 0 Å². The molecule has 0 saturated carbocycles. The monoisotopic (exact) mass is 495 g/mol. The Bertz CT molecular complexity index is 1130. The summed E-state index contributed by atoms with van der Waals surface area (Å²) in [4.78, 5) is 7.74. The maximum absolute atomic E-state index is 13.7. The maximum atomic E-state index is 13.7.